The Hall–Kier alpha value is -1.20. The zero-order valence-corrected chi connectivity index (χ0v) is 16.1. The molecule has 0 bridgehead atoms. The van der Waals surface area contributed by atoms with Gasteiger partial charge in [-0.05, 0) is 30.4 Å². The summed E-state index contributed by atoms with van der Waals surface area (Å²) >= 11 is 3.36. The molecule has 0 aliphatic rings. The van der Waals surface area contributed by atoms with Crippen LogP contribution in [0.15, 0.2) is 41.4 Å². The molecule has 128 valence electrons. The van der Waals surface area contributed by atoms with Gasteiger partial charge >= 0.3 is 0 Å². The summed E-state index contributed by atoms with van der Waals surface area (Å²) in [6, 6.07) is 8.14. The normalized spacial score (nSPS) is 12.5. The fourth-order valence-electron chi connectivity index (χ4n) is 2.12. The Balaban J connectivity index is 2.67. The lowest BCUT2D eigenvalue weighted by Crippen LogP contribution is -2.09. The number of benzene rings is 1. The van der Waals surface area contributed by atoms with E-state index in [9.17, 15) is 0 Å². The van der Waals surface area contributed by atoms with Crippen molar-refractivity contribution in [1.29, 1.82) is 0 Å². The number of rotatable bonds is 10. The Labute approximate surface area is 149 Å². The van der Waals surface area contributed by atoms with Gasteiger partial charge in [0.1, 0.15) is 0 Å². The molecule has 0 fully saturated rings. The van der Waals surface area contributed by atoms with Gasteiger partial charge in [0.15, 0.2) is 0 Å². The standard InChI is InChI=1S/C18H29N3S2/c1-4-5-6-9-14-23-18(20)13-12-16(19)15-10-7-8-11-17(15)21(2)22-3/h7-8,10-13H,4-6,9,14,19-20H2,1-3H3/b16-12-,18-13+. The van der Waals surface area contributed by atoms with Crippen molar-refractivity contribution in [1.82, 2.24) is 0 Å². The third-order valence-corrected chi connectivity index (χ3v) is 5.23. The monoisotopic (exact) mass is 351 g/mol. The van der Waals surface area contributed by atoms with Gasteiger partial charge in [-0.2, -0.15) is 0 Å². The van der Waals surface area contributed by atoms with E-state index in [2.05, 4.69) is 17.3 Å². The van der Waals surface area contributed by atoms with Crippen LogP contribution in [-0.2, 0) is 0 Å². The van der Waals surface area contributed by atoms with Gasteiger partial charge in [-0.3, -0.25) is 0 Å². The van der Waals surface area contributed by atoms with Crippen LogP contribution in [0.5, 0.6) is 0 Å². The van der Waals surface area contributed by atoms with Crippen LogP contribution in [0.4, 0.5) is 5.69 Å². The smallest absolute Gasteiger partial charge is 0.0655 e. The molecule has 0 radical (unpaired) electrons. The molecule has 0 aliphatic carbocycles. The maximum atomic E-state index is 6.25. The molecule has 0 atom stereocenters. The lowest BCUT2D eigenvalue weighted by Gasteiger charge is -2.19. The van der Waals surface area contributed by atoms with Crippen molar-refractivity contribution in [3.05, 3.63) is 47.0 Å². The average molecular weight is 352 g/mol. The van der Waals surface area contributed by atoms with E-state index in [4.69, 9.17) is 11.5 Å². The summed E-state index contributed by atoms with van der Waals surface area (Å²) < 4.78 is 2.10. The summed E-state index contributed by atoms with van der Waals surface area (Å²) in [5.41, 5.74) is 15.2. The molecule has 0 amide bonds. The van der Waals surface area contributed by atoms with Crippen molar-refractivity contribution in [3.63, 3.8) is 0 Å². The predicted molar refractivity (Wildman–Crippen MR) is 109 cm³/mol. The average Bonchev–Trinajstić information content (AvgIpc) is 2.58. The zero-order valence-electron chi connectivity index (χ0n) is 14.4. The van der Waals surface area contributed by atoms with Gasteiger partial charge in [-0.1, -0.05) is 56.3 Å². The van der Waals surface area contributed by atoms with Crippen molar-refractivity contribution in [2.24, 2.45) is 11.5 Å². The zero-order chi connectivity index (χ0) is 17.1. The highest BCUT2D eigenvalue weighted by molar-refractivity contribution is 8.03. The van der Waals surface area contributed by atoms with Crippen LogP contribution in [0.1, 0.15) is 38.2 Å². The van der Waals surface area contributed by atoms with E-state index in [1.807, 2.05) is 43.7 Å². The van der Waals surface area contributed by atoms with Crippen molar-refractivity contribution < 1.29 is 0 Å². The highest BCUT2D eigenvalue weighted by Crippen LogP contribution is 2.27. The van der Waals surface area contributed by atoms with Crippen molar-refractivity contribution >= 4 is 35.1 Å². The maximum Gasteiger partial charge on any atom is 0.0655 e. The van der Waals surface area contributed by atoms with Crippen LogP contribution in [0.25, 0.3) is 5.70 Å². The number of hydrogen-bond acceptors (Lipinski definition) is 5. The first kappa shape index (κ1) is 19.8. The number of nitrogens with zero attached hydrogens (tertiary/aromatic N) is 1. The number of para-hydroxylation sites is 1. The van der Waals surface area contributed by atoms with E-state index in [0.29, 0.717) is 0 Å². The van der Waals surface area contributed by atoms with Gasteiger partial charge in [0.05, 0.1) is 10.7 Å². The minimum absolute atomic E-state index is 0.732. The molecule has 5 heteroatoms. The van der Waals surface area contributed by atoms with Gasteiger partial charge in [-0.25, -0.2) is 0 Å². The number of anilines is 1. The van der Waals surface area contributed by atoms with Crippen molar-refractivity contribution in [2.75, 3.05) is 23.4 Å². The first-order chi connectivity index (χ1) is 11.1. The van der Waals surface area contributed by atoms with E-state index in [0.717, 1.165) is 27.7 Å². The molecule has 1 aromatic carbocycles. The van der Waals surface area contributed by atoms with Crippen LogP contribution in [0.2, 0.25) is 0 Å². The number of allylic oxidation sites excluding steroid dienone is 2. The van der Waals surface area contributed by atoms with Crippen LogP contribution in [0, 0.1) is 0 Å². The highest BCUT2D eigenvalue weighted by Gasteiger charge is 2.07. The Morgan fingerprint density at radius 1 is 1.13 bits per heavy atom. The molecule has 1 aromatic rings. The summed E-state index contributed by atoms with van der Waals surface area (Å²) in [5, 5.41) is 0.820. The fraction of sp³-hybridized carbons (Fsp3) is 0.444. The summed E-state index contributed by atoms with van der Waals surface area (Å²) in [6.45, 7) is 2.22. The summed E-state index contributed by atoms with van der Waals surface area (Å²) in [5.74, 6) is 1.07. The third kappa shape index (κ3) is 7.27. The van der Waals surface area contributed by atoms with Crippen LogP contribution in [0.3, 0.4) is 0 Å². The quantitative estimate of drug-likeness (QED) is 0.360. The van der Waals surface area contributed by atoms with Gasteiger partial charge < -0.3 is 15.8 Å². The Morgan fingerprint density at radius 3 is 2.57 bits per heavy atom. The highest BCUT2D eigenvalue weighted by atomic mass is 32.2. The maximum absolute atomic E-state index is 6.25. The SMILES string of the molecule is CCCCCCS/C(N)=C/C=C(\N)c1ccccc1N(C)SC. The second-order valence-corrected chi connectivity index (χ2v) is 7.38. The molecule has 23 heavy (non-hydrogen) atoms. The molecule has 1 rings (SSSR count). The second kappa shape index (κ2) is 11.4. The lowest BCUT2D eigenvalue weighted by molar-refractivity contribution is 0.707. The fourth-order valence-corrected chi connectivity index (χ4v) is 3.22. The van der Waals surface area contributed by atoms with Crippen LogP contribution < -0.4 is 15.8 Å². The summed E-state index contributed by atoms with van der Waals surface area (Å²) in [4.78, 5) is 0. The van der Waals surface area contributed by atoms with Crippen molar-refractivity contribution in [2.45, 2.75) is 32.6 Å². The molecule has 0 unspecified atom stereocenters. The number of thioether (sulfide) groups is 1. The molecule has 4 N–H and O–H groups in total. The van der Waals surface area contributed by atoms with Gasteiger partial charge in [0.2, 0.25) is 0 Å². The molecule has 0 aromatic heterocycles. The van der Waals surface area contributed by atoms with E-state index in [1.54, 1.807) is 23.7 Å². The summed E-state index contributed by atoms with van der Waals surface area (Å²) in [6.07, 6.45) is 10.9. The topological polar surface area (TPSA) is 55.3 Å². The van der Waals surface area contributed by atoms with E-state index >= 15 is 0 Å². The van der Waals surface area contributed by atoms with E-state index in [1.165, 1.54) is 25.7 Å². The minimum Gasteiger partial charge on any atom is -0.398 e. The number of unbranched alkanes of at least 4 members (excludes halogenated alkanes) is 3. The molecule has 3 nitrogen and oxygen atoms in total. The third-order valence-electron chi connectivity index (χ3n) is 3.52. The second-order valence-electron chi connectivity index (χ2n) is 5.30. The number of nitrogens with two attached hydrogens (primary N) is 2. The van der Waals surface area contributed by atoms with E-state index < -0.39 is 0 Å². The molecule has 0 aliphatic heterocycles. The van der Waals surface area contributed by atoms with Crippen molar-refractivity contribution in [3.8, 4) is 0 Å². The Kier molecular flexibility index (Phi) is 9.80. The van der Waals surface area contributed by atoms with Gasteiger partial charge in [0, 0.05) is 24.6 Å². The largest absolute Gasteiger partial charge is 0.398 e. The number of hydrogen-bond donors (Lipinski definition) is 2. The molecule has 0 heterocycles. The van der Waals surface area contributed by atoms with Gasteiger partial charge in [0.25, 0.3) is 0 Å². The van der Waals surface area contributed by atoms with Gasteiger partial charge in [-0.15, -0.1) is 11.8 Å². The molecule has 0 spiro atoms. The minimum atomic E-state index is 0.732. The van der Waals surface area contributed by atoms with E-state index in [-0.39, 0.29) is 0 Å². The summed E-state index contributed by atoms with van der Waals surface area (Å²) in [7, 11) is 2.03. The van der Waals surface area contributed by atoms with Crippen LogP contribution in [-0.4, -0.2) is 19.1 Å². The molecule has 0 saturated carbocycles. The lowest BCUT2D eigenvalue weighted by atomic mass is 10.1. The Bertz CT molecular complexity index is 527. The Morgan fingerprint density at radius 2 is 1.87 bits per heavy atom. The van der Waals surface area contributed by atoms with Crippen LogP contribution >= 0.6 is 23.7 Å². The predicted octanol–water partition coefficient (Wildman–Crippen LogP) is 4.81. The first-order valence-corrected chi connectivity index (χ1v) is 10.2. The molecular weight excluding hydrogens is 322 g/mol. The first-order valence-electron chi connectivity index (χ1n) is 8.03. The molecular formula is C18H29N3S2. The molecule has 0 saturated heterocycles.